The maximum absolute atomic E-state index is 12.8. The number of hydrogen-bond donors (Lipinski definition) is 1. The summed E-state index contributed by atoms with van der Waals surface area (Å²) in [6.07, 6.45) is 4.70. The van der Waals surface area contributed by atoms with Crippen LogP contribution >= 0.6 is 11.8 Å². The van der Waals surface area contributed by atoms with Crippen LogP contribution in [0.5, 0.6) is 0 Å². The molecular weight excluding hydrogens is 334 g/mol. The molecule has 2 fully saturated rings. The largest absolute Gasteiger partial charge is 0.338 e. The van der Waals surface area contributed by atoms with Gasteiger partial charge in [-0.2, -0.15) is 0 Å². The molecular formula is C19H25N3O2S. The van der Waals surface area contributed by atoms with Crippen molar-refractivity contribution >= 4 is 23.6 Å². The highest BCUT2D eigenvalue weighted by atomic mass is 32.2. The SMILES string of the molecule is O=C(c1ccc2c(c1)CCCC2)N1CCN(C(=O)C2CSCN2)CC1. The first kappa shape index (κ1) is 16.9. The summed E-state index contributed by atoms with van der Waals surface area (Å²) >= 11 is 1.77. The molecule has 2 saturated heterocycles. The van der Waals surface area contributed by atoms with Gasteiger partial charge in [0.15, 0.2) is 0 Å². The Morgan fingerprint density at radius 3 is 2.44 bits per heavy atom. The summed E-state index contributed by atoms with van der Waals surface area (Å²) in [5.74, 6) is 2.00. The van der Waals surface area contributed by atoms with Crippen molar-refractivity contribution in [1.29, 1.82) is 0 Å². The standard InChI is InChI=1S/C19H25N3O2S/c23-18(16-6-5-14-3-1-2-4-15(14)11-16)21-7-9-22(10-8-21)19(24)17-12-25-13-20-17/h5-6,11,17,20H,1-4,7-10,12-13H2. The van der Waals surface area contributed by atoms with Crippen molar-refractivity contribution in [2.75, 3.05) is 37.8 Å². The molecule has 0 bridgehead atoms. The zero-order valence-corrected chi connectivity index (χ0v) is 15.3. The lowest BCUT2D eigenvalue weighted by Crippen LogP contribution is -2.54. The fourth-order valence-electron chi connectivity index (χ4n) is 3.95. The lowest BCUT2D eigenvalue weighted by molar-refractivity contribution is -0.134. The van der Waals surface area contributed by atoms with Gasteiger partial charge in [0.25, 0.3) is 5.91 Å². The molecule has 2 amide bonds. The Morgan fingerprint density at radius 1 is 1.00 bits per heavy atom. The Kier molecular flexibility index (Phi) is 4.99. The van der Waals surface area contributed by atoms with Crippen LogP contribution < -0.4 is 5.32 Å². The van der Waals surface area contributed by atoms with Gasteiger partial charge in [0.05, 0.1) is 6.04 Å². The van der Waals surface area contributed by atoms with Crippen molar-refractivity contribution in [2.45, 2.75) is 31.7 Å². The molecule has 0 saturated carbocycles. The van der Waals surface area contributed by atoms with E-state index in [2.05, 4.69) is 17.4 Å². The Bertz CT molecular complexity index is 665. The Balaban J connectivity index is 1.37. The highest BCUT2D eigenvalue weighted by Crippen LogP contribution is 2.23. The highest BCUT2D eigenvalue weighted by Gasteiger charge is 2.31. The normalized spacial score (nSPS) is 23.4. The molecule has 2 aliphatic heterocycles. The summed E-state index contributed by atoms with van der Waals surface area (Å²) < 4.78 is 0. The van der Waals surface area contributed by atoms with Crippen LogP contribution in [0.25, 0.3) is 0 Å². The van der Waals surface area contributed by atoms with Gasteiger partial charge >= 0.3 is 0 Å². The van der Waals surface area contributed by atoms with Crippen LogP contribution in [0, 0.1) is 0 Å². The Morgan fingerprint density at radius 2 is 1.72 bits per heavy atom. The maximum Gasteiger partial charge on any atom is 0.253 e. The molecule has 2 heterocycles. The van der Waals surface area contributed by atoms with E-state index in [1.165, 1.54) is 24.0 Å². The molecule has 3 aliphatic rings. The van der Waals surface area contributed by atoms with Crippen LogP contribution in [0.4, 0.5) is 0 Å². The smallest absolute Gasteiger partial charge is 0.253 e. The minimum atomic E-state index is -0.0482. The summed E-state index contributed by atoms with van der Waals surface area (Å²) in [7, 11) is 0. The van der Waals surface area contributed by atoms with Crippen LogP contribution in [-0.4, -0.2) is 65.5 Å². The second-order valence-electron chi connectivity index (χ2n) is 7.08. The Labute approximate surface area is 153 Å². The van der Waals surface area contributed by atoms with Crippen molar-refractivity contribution < 1.29 is 9.59 Å². The van der Waals surface area contributed by atoms with Gasteiger partial charge < -0.3 is 9.80 Å². The number of hydrogen-bond acceptors (Lipinski definition) is 4. The molecule has 0 radical (unpaired) electrons. The molecule has 1 aliphatic carbocycles. The number of nitrogens with one attached hydrogen (secondary N) is 1. The fourth-order valence-corrected chi connectivity index (χ4v) is 4.89. The molecule has 5 nitrogen and oxygen atoms in total. The summed E-state index contributed by atoms with van der Waals surface area (Å²) in [6.45, 7) is 2.53. The summed E-state index contributed by atoms with van der Waals surface area (Å²) in [4.78, 5) is 29.1. The number of nitrogens with zero attached hydrogens (tertiary/aromatic N) is 2. The van der Waals surface area contributed by atoms with Gasteiger partial charge in [0.2, 0.25) is 5.91 Å². The second kappa shape index (κ2) is 7.38. The van der Waals surface area contributed by atoms with Crippen LogP contribution in [0.15, 0.2) is 18.2 Å². The zero-order valence-electron chi connectivity index (χ0n) is 14.5. The van der Waals surface area contributed by atoms with E-state index >= 15 is 0 Å². The number of carbonyl (C=O) groups excluding carboxylic acids is 2. The molecule has 134 valence electrons. The minimum absolute atomic E-state index is 0.0482. The summed E-state index contributed by atoms with van der Waals surface area (Å²) in [5, 5.41) is 3.23. The van der Waals surface area contributed by atoms with Crippen LogP contribution in [-0.2, 0) is 17.6 Å². The first-order valence-corrected chi connectivity index (χ1v) is 10.4. The van der Waals surface area contributed by atoms with Crippen LogP contribution in [0.3, 0.4) is 0 Å². The molecule has 25 heavy (non-hydrogen) atoms. The van der Waals surface area contributed by atoms with Crippen molar-refractivity contribution in [3.63, 3.8) is 0 Å². The first-order chi connectivity index (χ1) is 12.2. The van der Waals surface area contributed by atoms with Crippen LogP contribution in [0.2, 0.25) is 0 Å². The van der Waals surface area contributed by atoms with E-state index in [-0.39, 0.29) is 17.9 Å². The Hall–Kier alpha value is -1.53. The number of amides is 2. The van der Waals surface area contributed by atoms with Crippen molar-refractivity contribution in [1.82, 2.24) is 15.1 Å². The fraction of sp³-hybridized carbons (Fsp3) is 0.579. The van der Waals surface area contributed by atoms with Crippen LogP contribution in [0.1, 0.15) is 34.3 Å². The van der Waals surface area contributed by atoms with Gasteiger partial charge in [-0.1, -0.05) is 6.07 Å². The van der Waals surface area contributed by atoms with Crippen molar-refractivity contribution in [3.8, 4) is 0 Å². The number of fused-ring (bicyclic) bond motifs is 1. The summed E-state index contributed by atoms with van der Waals surface area (Å²) in [6, 6.07) is 6.15. The average Bonchev–Trinajstić information content (AvgIpc) is 3.21. The van der Waals surface area contributed by atoms with Gasteiger partial charge in [-0.25, -0.2) is 0 Å². The molecule has 1 N–H and O–H groups in total. The van der Waals surface area contributed by atoms with E-state index in [9.17, 15) is 9.59 Å². The van der Waals surface area contributed by atoms with E-state index < -0.39 is 0 Å². The predicted molar refractivity (Wildman–Crippen MR) is 99.8 cm³/mol. The topological polar surface area (TPSA) is 52.7 Å². The van der Waals surface area contributed by atoms with E-state index in [0.717, 1.165) is 30.0 Å². The van der Waals surface area contributed by atoms with E-state index in [4.69, 9.17) is 0 Å². The molecule has 1 atom stereocenters. The third-order valence-electron chi connectivity index (χ3n) is 5.49. The number of aryl methyl sites for hydroxylation is 2. The van der Waals surface area contributed by atoms with Crippen molar-refractivity contribution in [3.05, 3.63) is 34.9 Å². The predicted octanol–water partition coefficient (Wildman–Crippen LogP) is 1.51. The van der Waals surface area contributed by atoms with Gasteiger partial charge in [-0.05, 0) is 48.9 Å². The minimum Gasteiger partial charge on any atom is -0.338 e. The lowest BCUT2D eigenvalue weighted by Gasteiger charge is -2.36. The van der Waals surface area contributed by atoms with E-state index in [1.54, 1.807) is 11.8 Å². The number of benzene rings is 1. The average molecular weight is 359 g/mol. The zero-order chi connectivity index (χ0) is 17.2. The first-order valence-electron chi connectivity index (χ1n) is 9.23. The summed E-state index contributed by atoms with van der Waals surface area (Å²) in [5.41, 5.74) is 3.55. The van der Waals surface area contributed by atoms with E-state index in [0.29, 0.717) is 26.2 Å². The molecule has 0 aromatic heterocycles. The number of rotatable bonds is 2. The molecule has 1 aromatic rings. The second-order valence-corrected chi connectivity index (χ2v) is 8.11. The third-order valence-corrected chi connectivity index (χ3v) is 6.43. The molecule has 1 unspecified atom stereocenters. The van der Waals surface area contributed by atoms with Gasteiger partial charge in [-0.3, -0.25) is 14.9 Å². The number of thioether (sulfide) groups is 1. The van der Waals surface area contributed by atoms with Gasteiger partial charge in [0, 0.05) is 43.4 Å². The quantitative estimate of drug-likeness (QED) is 0.870. The van der Waals surface area contributed by atoms with Gasteiger partial charge in [0.1, 0.15) is 0 Å². The van der Waals surface area contributed by atoms with Gasteiger partial charge in [-0.15, -0.1) is 11.8 Å². The number of carbonyl (C=O) groups is 2. The maximum atomic E-state index is 12.8. The van der Waals surface area contributed by atoms with E-state index in [1.807, 2.05) is 15.9 Å². The highest BCUT2D eigenvalue weighted by molar-refractivity contribution is 7.99. The molecule has 0 spiro atoms. The monoisotopic (exact) mass is 359 g/mol. The lowest BCUT2D eigenvalue weighted by atomic mass is 9.90. The number of piperazine rings is 1. The molecule has 4 rings (SSSR count). The molecule has 6 heteroatoms. The molecule has 1 aromatic carbocycles. The third kappa shape index (κ3) is 3.55. The van der Waals surface area contributed by atoms with Crippen molar-refractivity contribution in [2.24, 2.45) is 0 Å².